The Hall–Kier alpha value is -3.32. The van der Waals surface area contributed by atoms with Crippen LogP contribution in [0, 0.1) is 11.7 Å². The summed E-state index contributed by atoms with van der Waals surface area (Å²) in [5.74, 6) is 1.56. The molecule has 7 heteroatoms. The molecule has 0 spiro atoms. The van der Waals surface area contributed by atoms with Crippen molar-refractivity contribution >= 4 is 17.0 Å². The first kappa shape index (κ1) is 19.6. The molecule has 0 bridgehead atoms. The normalized spacial score (nSPS) is 18.9. The second-order valence-corrected chi connectivity index (χ2v) is 8.24. The molecule has 0 aliphatic heterocycles. The van der Waals surface area contributed by atoms with Crippen LogP contribution in [0.1, 0.15) is 41.4 Å². The first-order chi connectivity index (χ1) is 15.2. The van der Waals surface area contributed by atoms with Gasteiger partial charge >= 0.3 is 0 Å². The number of benzene rings is 2. The Morgan fingerprint density at radius 1 is 1.10 bits per heavy atom. The summed E-state index contributed by atoms with van der Waals surface area (Å²) in [6.45, 7) is 1.83. The molecule has 2 aromatic carbocycles. The van der Waals surface area contributed by atoms with E-state index in [1.165, 1.54) is 11.1 Å². The van der Waals surface area contributed by atoms with Crippen molar-refractivity contribution in [3.8, 4) is 0 Å². The lowest BCUT2D eigenvalue weighted by Crippen LogP contribution is -2.21. The fourth-order valence-electron chi connectivity index (χ4n) is 4.46. The number of fused-ring (bicyclic) bond motifs is 1. The Balaban J connectivity index is 1.26. The van der Waals surface area contributed by atoms with Crippen LogP contribution in [0.2, 0.25) is 0 Å². The molecular weight excluding hydrogens is 391 g/mol. The van der Waals surface area contributed by atoms with Gasteiger partial charge in [0.15, 0.2) is 0 Å². The Bertz CT molecular complexity index is 1160. The molecule has 1 aliphatic rings. The number of pyridine rings is 1. The van der Waals surface area contributed by atoms with Gasteiger partial charge in [-0.1, -0.05) is 42.5 Å². The summed E-state index contributed by atoms with van der Waals surface area (Å²) in [5.41, 5.74) is 10.9. The summed E-state index contributed by atoms with van der Waals surface area (Å²) < 4.78 is 13.1. The number of nitrogens with one attached hydrogen (secondary N) is 2. The van der Waals surface area contributed by atoms with Crippen LogP contribution in [0.3, 0.4) is 0 Å². The molecule has 4 aromatic rings. The molecule has 5 rings (SSSR count). The van der Waals surface area contributed by atoms with Gasteiger partial charge in [-0.3, -0.25) is 0 Å². The zero-order valence-corrected chi connectivity index (χ0v) is 17.1. The highest BCUT2D eigenvalue weighted by atomic mass is 19.1. The van der Waals surface area contributed by atoms with Crippen molar-refractivity contribution in [1.29, 1.82) is 0 Å². The zero-order valence-electron chi connectivity index (χ0n) is 17.1. The summed E-state index contributed by atoms with van der Waals surface area (Å²) in [6.07, 6.45) is 2.06. The summed E-state index contributed by atoms with van der Waals surface area (Å²) >= 11 is 0. The second kappa shape index (κ2) is 8.43. The van der Waals surface area contributed by atoms with Gasteiger partial charge in [0.25, 0.3) is 0 Å². The molecule has 1 fully saturated rings. The Morgan fingerprint density at radius 3 is 2.71 bits per heavy atom. The van der Waals surface area contributed by atoms with Gasteiger partial charge in [-0.25, -0.2) is 9.37 Å². The van der Waals surface area contributed by atoms with Crippen molar-refractivity contribution in [2.24, 2.45) is 5.92 Å². The van der Waals surface area contributed by atoms with Gasteiger partial charge in [-0.15, -0.1) is 5.10 Å². The fourth-order valence-corrected chi connectivity index (χ4v) is 4.46. The number of nitrogens with zero attached hydrogens (tertiary/aromatic N) is 3. The topological polar surface area (TPSA) is 92.5 Å². The first-order valence-electron chi connectivity index (χ1n) is 10.7. The maximum Gasteiger partial charge on any atom is 0.203 e. The van der Waals surface area contributed by atoms with Gasteiger partial charge < -0.3 is 11.1 Å². The van der Waals surface area contributed by atoms with E-state index < -0.39 is 0 Å². The van der Waals surface area contributed by atoms with E-state index in [-0.39, 0.29) is 11.7 Å². The minimum Gasteiger partial charge on any atom is -0.384 e. The number of nitrogens with two attached hydrogens (primary N) is 1. The molecule has 2 aromatic heterocycles. The van der Waals surface area contributed by atoms with E-state index in [1.54, 1.807) is 12.1 Å². The van der Waals surface area contributed by atoms with Gasteiger partial charge in [-0.2, -0.15) is 10.3 Å². The van der Waals surface area contributed by atoms with Crippen LogP contribution in [0.25, 0.3) is 11.2 Å². The van der Waals surface area contributed by atoms with Gasteiger partial charge in [0.2, 0.25) is 5.65 Å². The van der Waals surface area contributed by atoms with Crippen LogP contribution >= 0.6 is 0 Å². The maximum atomic E-state index is 13.1. The van der Waals surface area contributed by atoms with Gasteiger partial charge in [0.1, 0.15) is 17.2 Å². The van der Waals surface area contributed by atoms with Crippen molar-refractivity contribution in [2.75, 3.05) is 18.8 Å². The van der Waals surface area contributed by atoms with Gasteiger partial charge in [-0.05, 0) is 72.7 Å². The molecule has 158 valence electrons. The minimum absolute atomic E-state index is 0.138. The van der Waals surface area contributed by atoms with Crippen molar-refractivity contribution in [3.05, 3.63) is 83.2 Å². The fraction of sp³-hybridized carbons (Fsp3) is 0.292. The van der Waals surface area contributed by atoms with E-state index in [9.17, 15) is 4.39 Å². The van der Waals surface area contributed by atoms with Crippen molar-refractivity contribution in [1.82, 2.24) is 25.7 Å². The van der Waals surface area contributed by atoms with E-state index in [1.807, 2.05) is 24.3 Å². The van der Waals surface area contributed by atoms with E-state index in [4.69, 9.17) is 5.73 Å². The average molecular weight is 417 g/mol. The molecule has 31 heavy (non-hydrogen) atoms. The standard InChI is InChI=1S/C24H25FN6/c25-18-8-6-16(7-9-18)20-12-17(20)14-27-11-10-19(15-4-2-1-3-5-15)21-13-22(26)28-24-23(21)29-31-30-24/h1-9,13,17,19-20,27H,10-12,14H2,(H3,26,28,29,30,31). The predicted molar refractivity (Wildman–Crippen MR) is 119 cm³/mol. The van der Waals surface area contributed by atoms with Crippen LogP contribution in [0.15, 0.2) is 60.7 Å². The quantitative estimate of drug-likeness (QED) is 0.378. The number of anilines is 1. The number of aromatic nitrogens is 4. The number of H-pyrrole nitrogens is 1. The van der Waals surface area contributed by atoms with Gasteiger partial charge in [0.05, 0.1) is 0 Å². The lowest BCUT2D eigenvalue weighted by atomic mass is 9.88. The predicted octanol–water partition coefficient (Wildman–Crippen LogP) is 3.99. The molecule has 6 nitrogen and oxygen atoms in total. The third-order valence-electron chi connectivity index (χ3n) is 6.16. The summed E-state index contributed by atoms with van der Waals surface area (Å²) in [7, 11) is 0. The van der Waals surface area contributed by atoms with Crippen LogP contribution in [0.5, 0.6) is 0 Å². The molecular formula is C24H25FN6. The first-order valence-corrected chi connectivity index (χ1v) is 10.7. The molecule has 0 radical (unpaired) electrons. The zero-order chi connectivity index (χ0) is 21.2. The monoisotopic (exact) mass is 416 g/mol. The van der Waals surface area contributed by atoms with Crippen LogP contribution < -0.4 is 11.1 Å². The van der Waals surface area contributed by atoms with E-state index in [0.717, 1.165) is 37.0 Å². The molecule has 0 saturated heterocycles. The maximum absolute atomic E-state index is 13.1. The third-order valence-corrected chi connectivity index (χ3v) is 6.16. The Labute approximate surface area is 180 Å². The molecule has 1 saturated carbocycles. The molecule has 2 heterocycles. The highest BCUT2D eigenvalue weighted by Crippen LogP contribution is 2.47. The number of aromatic amines is 1. The Kier molecular flexibility index (Phi) is 5.34. The lowest BCUT2D eigenvalue weighted by Gasteiger charge is -2.19. The minimum atomic E-state index is -0.177. The smallest absolute Gasteiger partial charge is 0.203 e. The number of nitrogen functional groups attached to an aromatic ring is 1. The van der Waals surface area contributed by atoms with E-state index in [0.29, 0.717) is 23.3 Å². The van der Waals surface area contributed by atoms with Crippen molar-refractivity contribution < 1.29 is 4.39 Å². The second-order valence-electron chi connectivity index (χ2n) is 8.24. The molecule has 4 N–H and O–H groups in total. The Morgan fingerprint density at radius 2 is 1.90 bits per heavy atom. The van der Waals surface area contributed by atoms with Crippen LogP contribution in [0.4, 0.5) is 10.2 Å². The van der Waals surface area contributed by atoms with E-state index >= 15 is 0 Å². The average Bonchev–Trinajstić information content (AvgIpc) is 3.40. The van der Waals surface area contributed by atoms with E-state index in [2.05, 4.69) is 50.0 Å². The molecule has 3 atom stereocenters. The largest absolute Gasteiger partial charge is 0.384 e. The summed E-state index contributed by atoms with van der Waals surface area (Å²) in [6, 6.07) is 19.2. The summed E-state index contributed by atoms with van der Waals surface area (Å²) in [5, 5.41) is 14.7. The van der Waals surface area contributed by atoms with Crippen molar-refractivity contribution in [2.45, 2.75) is 24.7 Å². The molecule has 1 aliphatic carbocycles. The highest BCUT2D eigenvalue weighted by Gasteiger charge is 2.37. The lowest BCUT2D eigenvalue weighted by molar-refractivity contribution is 0.581. The SMILES string of the molecule is Nc1cc(C(CCNCC2CC2c2ccc(F)cc2)c2ccccc2)c2n[nH]nc2n1. The number of hydrogen-bond acceptors (Lipinski definition) is 5. The number of rotatable bonds is 8. The number of halogens is 1. The molecule has 0 amide bonds. The van der Waals surface area contributed by atoms with Crippen LogP contribution in [-0.4, -0.2) is 33.5 Å². The van der Waals surface area contributed by atoms with Crippen LogP contribution in [-0.2, 0) is 0 Å². The molecule has 3 unspecified atom stereocenters. The van der Waals surface area contributed by atoms with Gasteiger partial charge in [0, 0.05) is 5.92 Å². The highest BCUT2D eigenvalue weighted by molar-refractivity contribution is 5.77. The van der Waals surface area contributed by atoms with Crippen molar-refractivity contribution in [3.63, 3.8) is 0 Å². The summed E-state index contributed by atoms with van der Waals surface area (Å²) in [4.78, 5) is 4.28. The number of hydrogen-bond donors (Lipinski definition) is 3. The third kappa shape index (κ3) is 4.27.